The van der Waals surface area contributed by atoms with Gasteiger partial charge in [-0.15, -0.1) is 0 Å². The second kappa shape index (κ2) is 3.81. The van der Waals surface area contributed by atoms with Crippen LogP contribution in [0.5, 0.6) is 0 Å². The fourth-order valence-corrected chi connectivity index (χ4v) is 2.12. The average Bonchev–Trinajstić information content (AvgIpc) is 2.61. The Morgan fingerprint density at radius 1 is 1.33 bits per heavy atom. The average molecular weight is 267 g/mol. The van der Waals surface area contributed by atoms with Crippen molar-refractivity contribution in [1.29, 1.82) is 0 Å². The molecule has 0 atom stereocenters. The second-order valence-electron chi connectivity index (χ2n) is 3.84. The van der Waals surface area contributed by atoms with Crippen LogP contribution < -0.4 is 0 Å². The highest BCUT2D eigenvalue weighted by Crippen LogP contribution is 2.30. The highest BCUT2D eigenvalue weighted by Gasteiger charge is 2.09. The summed E-state index contributed by atoms with van der Waals surface area (Å²) in [5.41, 5.74) is 1.97. The summed E-state index contributed by atoms with van der Waals surface area (Å²) in [5.74, 6) is 0.826. The molecule has 15 heavy (non-hydrogen) atoms. The summed E-state index contributed by atoms with van der Waals surface area (Å²) >= 11 is 3.45. The Morgan fingerprint density at radius 3 is 2.67 bits per heavy atom. The van der Waals surface area contributed by atoms with Crippen LogP contribution in [0.3, 0.4) is 0 Å². The van der Waals surface area contributed by atoms with E-state index in [0.717, 1.165) is 21.7 Å². The van der Waals surface area contributed by atoms with Gasteiger partial charge in [-0.25, -0.2) is 0 Å². The van der Waals surface area contributed by atoms with Gasteiger partial charge in [-0.3, -0.25) is 4.79 Å². The van der Waals surface area contributed by atoms with E-state index in [1.165, 1.54) is 5.56 Å². The molecule has 1 aromatic heterocycles. The number of carbonyl (C=O) groups excluding carboxylic acids is 1. The van der Waals surface area contributed by atoms with Crippen LogP contribution in [0.2, 0.25) is 0 Å². The van der Waals surface area contributed by atoms with E-state index in [1.807, 2.05) is 6.07 Å². The Bertz CT molecular complexity index is 512. The van der Waals surface area contributed by atoms with Gasteiger partial charge >= 0.3 is 0 Å². The largest absolute Gasteiger partial charge is 0.452 e. The summed E-state index contributed by atoms with van der Waals surface area (Å²) in [6.07, 6.45) is 0.724. The maximum Gasteiger partial charge on any atom is 0.185 e. The molecule has 78 valence electrons. The summed E-state index contributed by atoms with van der Waals surface area (Å²) in [5, 5.41) is 0.968. The molecule has 0 amide bonds. The topological polar surface area (TPSA) is 30.2 Å². The van der Waals surface area contributed by atoms with Crippen LogP contribution in [-0.2, 0) is 0 Å². The van der Waals surface area contributed by atoms with E-state index < -0.39 is 0 Å². The summed E-state index contributed by atoms with van der Waals surface area (Å²) in [6.45, 7) is 4.27. The molecule has 1 aromatic carbocycles. The van der Waals surface area contributed by atoms with Gasteiger partial charge in [0.25, 0.3) is 0 Å². The molecule has 0 saturated carbocycles. The molecule has 2 aromatic rings. The van der Waals surface area contributed by atoms with Crippen molar-refractivity contribution in [3.63, 3.8) is 0 Å². The third-order valence-electron chi connectivity index (χ3n) is 2.40. The lowest BCUT2D eigenvalue weighted by molar-refractivity contribution is 0.110. The van der Waals surface area contributed by atoms with Crippen LogP contribution in [0.15, 0.2) is 27.1 Å². The molecular formula is C12H11BrO2. The van der Waals surface area contributed by atoms with Gasteiger partial charge < -0.3 is 4.42 Å². The molecule has 0 spiro atoms. The standard InChI is InChI=1S/C12H11BrO2/c1-7(2)8-3-9-4-10(6-14)15-12(9)11(13)5-8/h3-7H,1-2H3. The zero-order valence-corrected chi connectivity index (χ0v) is 10.2. The lowest BCUT2D eigenvalue weighted by Gasteiger charge is -2.05. The molecule has 2 rings (SSSR count). The van der Waals surface area contributed by atoms with Crippen molar-refractivity contribution < 1.29 is 9.21 Å². The molecule has 2 nitrogen and oxygen atoms in total. The van der Waals surface area contributed by atoms with Crippen LogP contribution >= 0.6 is 15.9 Å². The number of aldehydes is 1. The molecule has 3 heteroatoms. The maximum absolute atomic E-state index is 10.6. The molecule has 0 N–H and O–H groups in total. The van der Waals surface area contributed by atoms with Gasteiger partial charge in [0.2, 0.25) is 0 Å². The molecular weight excluding hydrogens is 256 g/mol. The first kappa shape index (κ1) is 10.4. The number of furan rings is 1. The molecule has 0 fully saturated rings. The SMILES string of the molecule is CC(C)c1cc(Br)c2oc(C=O)cc2c1. The van der Waals surface area contributed by atoms with Crippen LogP contribution in [-0.4, -0.2) is 6.29 Å². The fraction of sp³-hybridized carbons (Fsp3) is 0.250. The van der Waals surface area contributed by atoms with Gasteiger partial charge in [-0.1, -0.05) is 13.8 Å². The minimum absolute atomic E-state index is 0.367. The highest BCUT2D eigenvalue weighted by molar-refractivity contribution is 9.10. The molecule has 0 aliphatic heterocycles. The first-order valence-electron chi connectivity index (χ1n) is 4.80. The maximum atomic E-state index is 10.6. The highest BCUT2D eigenvalue weighted by atomic mass is 79.9. The first-order valence-corrected chi connectivity index (χ1v) is 5.59. The molecule has 0 radical (unpaired) electrons. The predicted octanol–water partition coefficient (Wildman–Crippen LogP) is 4.13. The first-order chi connectivity index (χ1) is 7.11. The van der Waals surface area contributed by atoms with Crippen molar-refractivity contribution >= 4 is 33.2 Å². The molecule has 1 heterocycles. The summed E-state index contributed by atoms with van der Waals surface area (Å²) in [6, 6.07) is 5.85. The number of hydrogen-bond acceptors (Lipinski definition) is 2. The zero-order chi connectivity index (χ0) is 11.0. The molecule has 0 bridgehead atoms. The third-order valence-corrected chi connectivity index (χ3v) is 2.98. The summed E-state index contributed by atoms with van der Waals surface area (Å²) < 4.78 is 6.27. The molecule has 0 unspecified atom stereocenters. The second-order valence-corrected chi connectivity index (χ2v) is 4.70. The minimum atomic E-state index is 0.367. The Balaban J connectivity index is 2.70. The van der Waals surface area contributed by atoms with E-state index >= 15 is 0 Å². The van der Waals surface area contributed by atoms with Gasteiger partial charge in [0.15, 0.2) is 12.0 Å². The third kappa shape index (κ3) is 1.84. The van der Waals surface area contributed by atoms with Crippen molar-refractivity contribution in [2.24, 2.45) is 0 Å². The lowest BCUT2D eigenvalue weighted by atomic mass is 10.0. The van der Waals surface area contributed by atoms with E-state index in [9.17, 15) is 4.79 Å². The Morgan fingerprint density at radius 2 is 2.07 bits per heavy atom. The van der Waals surface area contributed by atoms with Crippen molar-refractivity contribution in [2.75, 3.05) is 0 Å². The number of fused-ring (bicyclic) bond motifs is 1. The van der Waals surface area contributed by atoms with E-state index in [2.05, 4.69) is 35.8 Å². The van der Waals surface area contributed by atoms with E-state index in [-0.39, 0.29) is 0 Å². The van der Waals surface area contributed by atoms with Crippen LogP contribution in [0.25, 0.3) is 11.0 Å². The van der Waals surface area contributed by atoms with Crippen molar-refractivity contribution in [3.05, 3.63) is 34.0 Å². The Hall–Kier alpha value is -1.09. The zero-order valence-electron chi connectivity index (χ0n) is 8.58. The predicted molar refractivity (Wildman–Crippen MR) is 63.4 cm³/mol. The number of benzene rings is 1. The van der Waals surface area contributed by atoms with Crippen LogP contribution in [0.4, 0.5) is 0 Å². The number of carbonyl (C=O) groups is 1. The van der Waals surface area contributed by atoms with Crippen LogP contribution in [0, 0.1) is 0 Å². The number of halogens is 1. The fourth-order valence-electron chi connectivity index (χ4n) is 1.54. The van der Waals surface area contributed by atoms with Crippen molar-refractivity contribution in [3.8, 4) is 0 Å². The molecule has 0 aliphatic carbocycles. The van der Waals surface area contributed by atoms with Crippen LogP contribution in [0.1, 0.15) is 35.9 Å². The van der Waals surface area contributed by atoms with Crippen molar-refractivity contribution in [1.82, 2.24) is 0 Å². The van der Waals surface area contributed by atoms with Crippen molar-refractivity contribution in [2.45, 2.75) is 19.8 Å². The number of hydrogen-bond donors (Lipinski definition) is 0. The molecule has 0 aliphatic rings. The van der Waals surface area contributed by atoms with E-state index in [1.54, 1.807) is 6.07 Å². The lowest BCUT2D eigenvalue weighted by Crippen LogP contribution is -1.86. The van der Waals surface area contributed by atoms with E-state index in [0.29, 0.717) is 11.7 Å². The number of rotatable bonds is 2. The van der Waals surface area contributed by atoms with Gasteiger partial charge in [0.05, 0.1) is 4.47 Å². The van der Waals surface area contributed by atoms with Gasteiger partial charge in [0, 0.05) is 5.39 Å². The van der Waals surface area contributed by atoms with Gasteiger partial charge in [-0.2, -0.15) is 0 Å². The Kier molecular flexibility index (Phi) is 2.65. The normalized spacial score (nSPS) is 11.2. The smallest absolute Gasteiger partial charge is 0.185 e. The summed E-state index contributed by atoms with van der Waals surface area (Å²) in [4.78, 5) is 10.6. The van der Waals surface area contributed by atoms with Gasteiger partial charge in [-0.05, 0) is 45.6 Å². The minimum Gasteiger partial charge on any atom is -0.452 e. The monoisotopic (exact) mass is 266 g/mol. The Labute approximate surface area is 96.4 Å². The quantitative estimate of drug-likeness (QED) is 0.766. The van der Waals surface area contributed by atoms with Gasteiger partial charge in [0.1, 0.15) is 5.58 Å². The van der Waals surface area contributed by atoms with E-state index in [4.69, 9.17) is 4.42 Å². The summed E-state index contributed by atoms with van der Waals surface area (Å²) in [7, 11) is 0. The molecule has 0 saturated heterocycles.